The first kappa shape index (κ1) is 18.9. The average Bonchev–Trinajstić information content (AvgIpc) is 3.18. The summed E-state index contributed by atoms with van der Waals surface area (Å²) in [5.74, 6) is -0.0690. The number of hydrogen-bond donors (Lipinski definition) is 0. The highest BCUT2D eigenvalue weighted by atomic mass is 16.2. The van der Waals surface area contributed by atoms with Gasteiger partial charge in [-0.15, -0.1) is 0 Å². The van der Waals surface area contributed by atoms with E-state index in [4.69, 9.17) is 4.98 Å². The fourth-order valence-electron chi connectivity index (χ4n) is 3.68. The second-order valence-electron chi connectivity index (χ2n) is 7.14. The van der Waals surface area contributed by atoms with Crippen molar-refractivity contribution in [1.82, 2.24) is 18.9 Å². The molecule has 148 valence electrons. The van der Waals surface area contributed by atoms with Crippen molar-refractivity contribution in [1.29, 1.82) is 0 Å². The number of aromatic nitrogens is 3. The number of likely N-dealkylation sites (N-methyl/N-ethyl adjacent to an activating group) is 1. The first-order valence-corrected chi connectivity index (χ1v) is 9.89. The smallest absolute Gasteiger partial charge is 0.334 e. The van der Waals surface area contributed by atoms with Crippen LogP contribution < -0.4 is 5.69 Å². The lowest BCUT2D eigenvalue weighted by atomic mass is 10.1. The van der Waals surface area contributed by atoms with Crippen molar-refractivity contribution < 1.29 is 4.79 Å². The normalized spacial score (nSPS) is 11.3. The van der Waals surface area contributed by atoms with Crippen molar-refractivity contribution in [3.63, 3.8) is 0 Å². The Hall–Kier alpha value is -3.41. The van der Waals surface area contributed by atoms with Crippen molar-refractivity contribution >= 4 is 22.5 Å². The SMILES string of the molecule is CCN(CC)C(=O)Cn1c(=O)n2cc(-c3ccc(C)cc3)nc2c2ccccc21. The highest BCUT2D eigenvalue weighted by Gasteiger charge is 2.18. The Bertz CT molecular complexity index is 1250. The van der Waals surface area contributed by atoms with E-state index in [1.165, 1.54) is 5.56 Å². The summed E-state index contributed by atoms with van der Waals surface area (Å²) in [7, 11) is 0. The van der Waals surface area contributed by atoms with Crippen LogP contribution in [0, 0.1) is 6.92 Å². The summed E-state index contributed by atoms with van der Waals surface area (Å²) < 4.78 is 3.09. The van der Waals surface area contributed by atoms with Crippen LogP contribution in [0.5, 0.6) is 0 Å². The maximum Gasteiger partial charge on any atom is 0.334 e. The number of carbonyl (C=O) groups excluding carboxylic acids is 1. The van der Waals surface area contributed by atoms with Crippen molar-refractivity contribution in [2.45, 2.75) is 27.3 Å². The molecule has 0 aliphatic heterocycles. The lowest BCUT2D eigenvalue weighted by Crippen LogP contribution is -2.37. The van der Waals surface area contributed by atoms with Gasteiger partial charge in [-0.1, -0.05) is 42.0 Å². The van der Waals surface area contributed by atoms with Gasteiger partial charge in [0.2, 0.25) is 5.91 Å². The summed E-state index contributed by atoms with van der Waals surface area (Å²) in [6.07, 6.45) is 1.76. The number of hydrogen-bond acceptors (Lipinski definition) is 3. The summed E-state index contributed by atoms with van der Waals surface area (Å²) in [5, 5.41) is 0.845. The summed E-state index contributed by atoms with van der Waals surface area (Å²) in [4.78, 5) is 32.5. The molecule has 0 aliphatic carbocycles. The van der Waals surface area contributed by atoms with Gasteiger partial charge >= 0.3 is 5.69 Å². The molecule has 0 saturated carbocycles. The molecule has 6 nitrogen and oxygen atoms in total. The lowest BCUT2D eigenvalue weighted by molar-refractivity contribution is -0.131. The minimum Gasteiger partial charge on any atom is -0.342 e. The molecule has 0 aliphatic rings. The molecular weight excluding hydrogens is 364 g/mol. The van der Waals surface area contributed by atoms with E-state index in [2.05, 4.69) is 0 Å². The van der Waals surface area contributed by atoms with E-state index < -0.39 is 0 Å². The second kappa shape index (κ2) is 7.54. The van der Waals surface area contributed by atoms with Crippen molar-refractivity contribution in [2.75, 3.05) is 13.1 Å². The van der Waals surface area contributed by atoms with Crippen LogP contribution in [0.2, 0.25) is 0 Å². The molecular formula is C23H24N4O2. The van der Waals surface area contributed by atoms with Gasteiger partial charge in [-0.2, -0.15) is 0 Å². The Kier molecular flexibility index (Phi) is 4.92. The maximum atomic E-state index is 13.3. The Morgan fingerprint density at radius 1 is 1.03 bits per heavy atom. The molecule has 0 radical (unpaired) electrons. The minimum absolute atomic E-state index is 0.00894. The zero-order valence-electron chi connectivity index (χ0n) is 16.9. The lowest BCUT2D eigenvalue weighted by Gasteiger charge is -2.20. The standard InChI is InChI=1S/C23H24N4O2/c1-4-25(5-2)21(28)15-26-20-9-7-6-8-18(20)22-24-19(14-27(22)23(26)29)17-12-10-16(3)11-13-17/h6-14H,4-5,15H2,1-3H3. The molecule has 6 heteroatoms. The van der Waals surface area contributed by atoms with Gasteiger partial charge in [0, 0.05) is 30.2 Å². The first-order chi connectivity index (χ1) is 14.0. The molecule has 0 saturated heterocycles. The third-order valence-corrected chi connectivity index (χ3v) is 5.34. The van der Waals surface area contributed by atoms with E-state index in [0.29, 0.717) is 24.3 Å². The summed E-state index contributed by atoms with van der Waals surface area (Å²) in [6.45, 7) is 7.16. The van der Waals surface area contributed by atoms with Crippen LogP contribution >= 0.6 is 0 Å². The molecule has 2 aromatic carbocycles. The third-order valence-electron chi connectivity index (χ3n) is 5.34. The number of nitrogens with zero attached hydrogens (tertiary/aromatic N) is 4. The van der Waals surface area contributed by atoms with E-state index in [-0.39, 0.29) is 18.1 Å². The molecule has 1 amide bonds. The van der Waals surface area contributed by atoms with Gasteiger partial charge in [0.1, 0.15) is 6.54 Å². The Morgan fingerprint density at radius 2 is 1.72 bits per heavy atom. The van der Waals surface area contributed by atoms with Crippen molar-refractivity contribution in [2.24, 2.45) is 0 Å². The van der Waals surface area contributed by atoms with Gasteiger partial charge in [0.05, 0.1) is 11.2 Å². The Morgan fingerprint density at radius 3 is 2.41 bits per heavy atom. The molecule has 0 bridgehead atoms. The van der Waals surface area contributed by atoms with Crippen LogP contribution in [0.25, 0.3) is 27.8 Å². The van der Waals surface area contributed by atoms with E-state index in [0.717, 1.165) is 16.6 Å². The summed E-state index contributed by atoms with van der Waals surface area (Å²) in [5.41, 5.74) is 3.91. The number of para-hydroxylation sites is 1. The van der Waals surface area contributed by atoms with Gasteiger partial charge in [-0.25, -0.2) is 9.78 Å². The molecule has 4 aromatic rings. The highest BCUT2D eigenvalue weighted by molar-refractivity contribution is 5.93. The fraction of sp³-hybridized carbons (Fsp3) is 0.261. The molecule has 4 rings (SSSR count). The van der Waals surface area contributed by atoms with E-state index in [1.807, 2.05) is 69.3 Å². The van der Waals surface area contributed by atoms with Crippen LogP contribution in [0.1, 0.15) is 19.4 Å². The van der Waals surface area contributed by atoms with Crippen LogP contribution in [0.15, 0.2) is 59.5 Å². The van der Waals surface area contributed by atoms with E-state index in [1.54, 1.807) is 20.1 Å². The molecule has 0 unspecified atom stereocenters. The molecule has 29 heavy (non-hydrogen) atoms. The second-order valence-corrected chi connectivity index (χ2v) is 7.14. The van der Waals surface area contributed by atoms with Gasteiger partial charge < -0.3 is 4.90 Å². The largest absolute Gasteiger partial charge is 0.342 e. The predicted octanol–water partition coefficient (Wildman–Crippen LogP) is 3.49. The number of amides is 1. The summed E-state index contributed by atoms with van der Waals surface area (Å²) >= 11 is 0. The molecule has 0 atom stereocenters. The first-order valence-electron chi connectivity index (χ1n) is 9.89. The number of aryl methyl sites for hydroxylation is 1. The topological polar surface area (TPSA) is 59.6 Å². The molecule has 0 fully saturated rings. The van der Waals surface area contributed by atoms with Gasteiger partial charge in [0.25, 0.3) is 0 Å². The zero-order valence-corrected chi connectivity index (χ0v) is 16.9. The predicted molar refractivity (Wildman–Crippen MR) is 115 cm³/mol. The van der Waals surface area contributed by atoms with Crippen molar-refractivity contribution in [3.05, 3.63) is 70.8 Å². The maximum absolute atomic E-state index is 13.3. The molecule has 0 N–H and O–H groups in total. The van der Waals surface area contributed by atoms with Gasteiger partial charge in [-0.05, 0) is 32.9 Å². The van der Waals surface area contributed by atoms with Crippen LogP contribution in [-0.4, -0.2) is 37.8 Å². The van der Waals surface area contributed by atoms with Crippen LogP contribution in [0.4, 0.5) is 0 Å². The number of carbonyl (C=O) groups is 1. The highest BCUT2D eigenvalue weighted by Crippen LogP contribution is 2.23. The van der Waals surface area contributed by atoms with Crippen LogP contribution in [0.3, 0.4) is 0 Å². The van der Waals surface area contributed by atoms with Crippen molar-refractivity contribution in [3.8, 4) is 11.3 Å². The van der Waals surface area contributed by atoms with Gasteiger partial charge in [0.15, 0.2) is 5.65 Å². The molecule has 0 spiro atoms. The number of imidazole rings is 1. The number of fused-ring (bicyclic) bond motifs is 3. The van der Waals surface area contributed by atoms with E-state index in [9.17, 15) is 9.59 Å². The Labute approximate surface area is 169 Å². The summed E-state index contributed by atoms with van der Waals surface area (Å²) in [6, 6.07) is 15.7. The quantitative estimate of drug-likeness (QED) is 0.526. The number of rotatable bonds is 5. The Balaban J connectivity index is 1.92. The molecule has 2 heterocycles. The van der Waals surface area contributed by atoms with Crippen LogP contribution in [-0.2, 0) is 11.3 Å². The number of benzene rings is 2. The fourth-order valence-corrected chi connectivity index (χ4v) is 3.68. The monoisotopic (exact) mass is 388 g/mol. The molecule has 2 aromatic heterocycles. The zero-order chi connectivity index (χ0) is 20.5. The minimum atomic E-state index is -0.259. The third kappa shape index (κ3) is 3.31. The van der Waals surface area contributed by atoms with E-state index >= 15 is 0 Å². The average molecular weight is 388 g/mol. The van der Waals surface area contributed by atoms with Gasteiger partial charge in [-0.3, -0.25) is 13.8 Å².